The van der Waals surface area contributed by atoms with Gasteiger partial charge in [-0.05, 0) is 31.2 Å². The number of para-hydroxylation sites is 1. The molecule has 5 rings (SSSR count). The number of H-pyrrole nitrogens is 1. The zero-order chi connectivity index (χ0) is 21.5. The third-order valence-electron chi connectivity index (χ3n) is 5.05. The molecule has 0 aliphatic heterocycles. The van der Waals surface area contributed by atoms with Crippen LogP contribution in [-0.2, 0) is 0 Å². The van der Waals surface area contributed by atoms with E-state index >= 15 is 0 Å². The van der Waals surface area contributed by atoms with Gasteiger partial charge < -0.3 is 10.3 Å². The molecule has 0 amide bonds. The number of benzene rings is 2. The molecule has 9 heteroatoms. The van der Waals surface area contributed by atoms with E-state index in [2.05, 4.69) is 30.2 Å². The third-order valence-corrected chi connectivity index (χ3v) is 5.35. The third kappa shape index (κ3) is 3.44. The number of aromatic nitrogens is 5. The van der Waals surface area contributed by atoms with E-state index in [-0.39, 0.29) is 11.6 Å². The molecule has 0 aliphatic carbocycles. The molecule has 2 aromatic carbocycles. The summed E-state index contributed by atoms with van der Waals surface area (Å²) in [5.74, 6) is -0.839. The van der Waals surface area contributed by atoms with Crippen LogP contribution in [0.3, 0.4) is 0 Å². The Morgan fingerprint density at radius 1 is 1.03 bits per heavy atom. The molecule has 3 heterocycles. The molecule has 0 unspecified atom stereocenters. The Hall–Kier alpha value is -3.65. The zero-order valence-corrected chi connectivity index (χ0v) is 17.0. The molecule has 0 aliphatic rings. The topological polar surface area (TPSA) is 79.4 Å². The lowest BCUT2D eigenvalue weighted by molar-refractivity contribution is 0.585. The molecule has 2 N–H and O–H groups in total. The first-order valence-electron chi connectivity index (χ1n) is 9.46. The van der Waals surface area contributed by atoms with Crippen molar-refractivity contribution in [1.29, 1.82) is 0 Å². The fraction of sp³-hybridized carbons (Fsp3) is 0.0909. The van der Waals surface area contributed by atoms with E-state index in [1.807, 2.05) is 25.1 Å². The van der Waals surface area contributed by atoms with Gasteiger partial charge in [-0.25, -0.2) is 28.7 Å². The highest BCUT2D eigenvalue weighted by molar-refractivity contribution is 6.35. The summed E-state index contributed by atoms with van der Waals surface area (Å²) in [6.07, 6.45) is 2.96. The number of halogens is 3. The summed E-state index contributed by atoms with van der Waals surface area (Å²) < 4.78 is 28.2. The molecule has 6 nitrogen and oxygen atoms in total. The number of nitrogens with zero attached hydrogens (tertiary/aromatic N) is 4. The standard InChI is InChI=1S/C22H15ClF2N6/c1-11(30-22-20-21(27-9-26-20)28-10-29-22)15-7-12-3-2-4-16(23)18(12)31-19(15)14-6-5-13(24)8-17(14)25/h2-11H,1H3,(H2,26,27,28,29,30)/t11-/m0/s1. The van der Waals surface area contributed by atoms with Crippen molar-refractivity contribution >= 4 is 39.5 Å². The molecule has 1 atom stereocenters. The van der Waals surface area contributed by atoms with Crippen molar-refractivity contribution in [3.63, 3.8) is 0 Å². The van der Waals surface area contributed by atoms with Crippen molar-refractivity contribution in [2.75, 3.05) is 5.32 Å². The molecular formula is C22H15ClF2N6. The van der Waals surface area contributed by atoms with Crippen LogP contribution in [0.2, 0.25) is 5.02 Å². The normalized spacial score (nSPS) is 12.4. The fourth-order valence-electron chi connectivity index (χ4n) is 3.56. The number of imidazole rings is 1. The van der Waals surface area contributed by atoms with Crippen LogP contribution in [0.1, 0.15) is 18.5 Å². The van der Waals surface area contributed by atoms with Crippen LogP contribution in [0.15, 0.2) is 55.1 Å². The van der Waals surface area contributed by atoms with Crippen LogP contribution < -0.4 is 5.32 Å². The zero-order valence-electron chi connectivity index (χ0n) is 16.2. The maximum Gasteiger partial charge on any atom is 0.162 e. The predicted octanol–water partition coefficient (Wildman–Crippen LogP) is 5.67. The molecule has 154 valence electrons. The number of fused-ring (bicyclic) bond motifs is 2. The van der Waals surface area contributed by atoms with Gasteiger partial charge in [0.1, 0.15) is 23.5 Å². The minimum Gasteiger partial charge on any atom is -0.362 e. The monoisotopic (exact) mass is 436 g/mol. The van der Waals surface area contributed by atoms with Gasteiger partial charge in [0.25, 0.3) is 0 Å². The second-order valence-corrected chi connectivity index (χ2v) is 7.46. The SMILES string of the molecule is C[C@H](Nc1ncnc2[nH]cnc12)c1cc2cccc(Cl)c2nc1-c1ccc(F)cc1F. The first-order chi connectivity index (χ1) is 15.0. The summed E-state index contributed by atoms with van der Waals surface area (Å²) in [5.41, 5.74) is 2.96. The van der Waals surface area contributed by atoms with Crippen LogP contribution in [0.25, 0.3) is 33.3 Å². The minimum atomic E-state index is -0.705. The highest BCUT2D eigenvalue weighted by atomic mass is 35.5. The van der Waals surface area contributed by atoms with E-state index in [1.54, 1.807) is 6.07 Å². The average molecular weight is 437 g/mol. The Morgan fingerprint density at radius 3 is 2.74 bits per heavy atom. The van der Waals surface area contributed by atoms with Crippen molar-refractivity contribution in [2.45, 2.75) is 13.0 Å². The molecule has 0 spiro atoms. The summed E-state index contributed by atoms with van der Waals surface area (Å²) in [7, 11) is 0. The van der Waals surface area contributed by atoms with E-state index in [0.717, 1.165) is 11.5 Å². The number of pyridine rings is 1. The van der Waals surface area contributed by atoms with Crippen LogP contribution >= 0.6 is 11.6 Å². The molecule has 0 bridgehead atoms. The first-order valence-corrected chi connectivity index (χ1v) is 9.84. The first kappa shape index (κ1) is 19.3. The molecule has 0 fully saturated rings. The van der Waals surface area contributed by atoms with Gasteiger partial charge in [-0.2, -0.15) is 0 Å². The van der Waals surface area contributed by atoms with E-state index in [0.29, 0.717) is 38.8 Å². The number of anilines is 1. The smallest absolute Gasteiger partial charge is 0.162 e. The van der Waals surface area contributed by atoms with Gasteiger partial charge in [0, 0.05) is 22.6 Å². The lowest BCUT2D eigenvalue weighted by Gasteiger charge is -2.20. The van der Waals surface area contributed by atoms with Crippen molar-refractivity contribution in [2.24, 2.45) is 0 Å². The Balaban J connectivity index is 1.68. The van der Waals surface area contributed by atoms with E-state index < -0.39 is 11.6 Å². The molecule has 0 radical (unpaired) electrons. The Kier molecular flexibility index (Phi) is 4.71. The maximum atomic E-state index is 14.7. The lowest BCUT2D eigenvalue weighted by atomic mass is 9.98. The molecule has 0 saturated heterocycles. The average Bonchev–Trinajstić information content (AvgIpc) is 3.23. The van der Waals surface area contributed by atoms with Gasteiger partial charge in [-0.1, -0.05) is 23.7 Å². The number of hydrogen-bond acceptors (Lipinski definition) is 5. The molecule has 3 aromatic heterocycles. The minimum absolute atomic E-state index is 0.180. The van der Waals surface area contributed by atoms with Crippen molar-refractivity contribution in [3.05, 3.63) is 77.3 Å². The number of hydrogen-bond donors (Lipinski definition) is 2. The fourth-order valence-corrected chi connectivity index (χ4v) is 3.78. The largest absolute Gasteiger partial charge is 0.362 e. The van der Waals surface area contributed by atoms with E-state index in [1.165, 1.54) is 24.8 Å². The van der Waals surface area contributed by atoms with Crippen molar-refractivity contribution in [3.8, 4) is 11.3 Å². The number of rotatable bonds is 4. The molecular weight excluding hydrogens is 422 g/mol. The van der Waals surface area contributed by atoms with Crippen LogP contribution in [0, 0.1) is 11.6 Å². The maximum absolute atomic E-state index is 14.7. The summed E-state index contributed by atoms with van der Waals surface area (Å²) in [4.78, 5) is 20.3. The Morgan fingerprint density at radius 2 is 1.90 bits per heavy atom. The summed E-state index contributed by atoms with van der Waals surface area (Å²) >= 11 is 6.34. The van der Waals surface area contributed by atoms with Gasteiger partial charge in [-0.15, -0.1) is 0 Å². The van der Waals surface area contributed by atoms with Gasteiger partial charge in [0.15, 0.2) is 11.5 Å². The quantitative estimate of drug-likeness (QED) is 0.379. The summed E-state index contributed by atoms with van der Waals surface area (Å²) in [6, 6.07) is 10.4. The lowest BCUT2D eigenvalue weighted by Crippen LogP contribution is -2.11. The van der Waals surface area contributed by atoms with Gasteiger partial charge >= 0.3 is 0 Å². The highest BCUT2D eigenvalue weighted by Gasteiger charge is 2.20. The Labute approximate surface area is 180 Å². The summed E-state index contributed by atoms with van der Waals surface area (Å²) in [6.45, 7) is 1.90. The van der Waals surface area contributed by atoms with Crippen LogP contribution in [0.4, 0.5) is 14.6 Å². The molecule has 0 saturated carbocycles. The van der Waals surface area contributed by atoms with E-state index in [4.69, 9.17) is 11.6 Å². The summed E-state index contributed by atoms with van der Waals surface area (Å²) in [5, 5.41) is 4.55. The van der Waals surface area contributed by atoms with Gasteiger partial charge in [0.05, 0.1) is 28.6 Å². The second kappa shape index (κ2) is 7.55. The molecule has 31 heavy (non-hydrogen) atoms. The Bertz CT molecular complexity index is 1430. The second-order valence-electron chi connectivity index (χ2n) is 7.05. The van der Waals surface area contributed by atoms with Crippen molar-refractivity contribution < 1.29 is 8.78 Å². The van der Waals surface area contributed by atoms with Crippen LogP contribution in [0.5, 0.6) is 0 Å². The van der Waals surface area contributed by atoms with E-state index in [9.17, 15) is 8.78 Å². The van der Waals surface area contributed by atoms with Crippen molar-refractivity contribution in [1.82, 2.24) is 24.9 Å². The predicted molar refractivity (Wildman–Crippen MR) is 116 cm³/mol. The number of aromatic amines is 1. The molecule has 5 aromatic rings. The van der Waals surface area contributed by atoms with Crippen LogP contribution in [-0.4, -0.2) is 24.9 Å². The number of nitrogens with one attached hydrogen (secondary N) is 2. The van der Waals surface area contributed by atoms with Gasteiger partial charge in [-0.3, -0.25) is 0 Å². The van der Waals surface area contributed by atoms with Gasteiger partial charge in [0.2, 0.25) is 0 Å². The highest BCUT2D eigenvalue weighted by Crippen LogP contribution is 2.35.